The van der Waals surface area contributed by atoms with Gasteiger partial charge in [-0.25, -0.2) is 5.01 Å². The molecular weight excluding hydrogens is 164 g/mol. The maximum atomic E-state index is 11.4. The molecule has 1 heterocycles. The Morgan fingerprint density at radius 2 is 2.15 bits per heavy atom. The van der Waals surface area contributed by atoms with Gasteiger partial charge in [-0.2, -0.15) is 5.10 Å². The Morgan fingerprint density at radius 3 is 2.77 bits per heavy atom. The van der Waals surface area contributed by atoms with Crippen molar-refractivity contribution in [1.82, 2.24) is 5.01 Å². The van der Waals surface area contributed by atoms with Gasteiger partial charge in [-0.3, -0.25) is 4.79 Å². The van der Waals surface area contributed by atoms with Crippen LogP contribution in [-0.2, 0) is 4.79 Å². The fourth-order valence-electron chi connectivity index (χ4n) is 1.28. The second-order valence-electron chi connectivity index (χ2n) is 4.03. The first-order chi connectivity index (χ1) is 6.09. The molecule has 0 aromatic heterocycles. The summed E-state index contributed by atoms with van der Waals surface area (Å²) < 4.78 is 0. The number of rotatable bonds is 3. The first-order valence-corrected chi connectivity index (χ1v) is 4.94. The van der Waals surface area contributed by atoms with Gasteiger partial charge in [-0.15, -0.1) is 0 Å². The van der Waals surface area contributed by atoms with E-state index in [1.54, 1.807) is 5.01 Å². The lowest BCUT2D eigenvalue weighted by Gasteiger charge is -2.22. The van der Waals surface area contributed by atoms with Crippen molar-refractivity contribution in [2.45, 2.75) is 40.0 Å². The molecule has 0 saturated carbocycles. The summed E-state index contributed by atoms with van der Waals surface area (Å²) in [7, 11) is 0. The lowest BCUT2D eigenvalue weighted by atomic mass is 10.1. The van der Waals surface area contributed by atoms with Crippen molar-refractivity contribution in [3.63, 3.8) is 0 Å². The second kappa shape index (κ2) is 4.40. The maximum Gasteiger partial charge on any atom is 0.243 e. The first-order valence-electron chi connectivity index (χ1n) is 4.94. The summed E-state index contributed by atoms with van der Waals surface area (Å²) >= 11 is 0. The van der Waals surface area contributed by atoms with Crippen molar-refractivity contribution in [1.29, 1.82) is 0 Å². The van der Waals surface area contributed by atoms with E-state index in [-0.39, 0.29) is 5.91 Å². The Morgan fingerprint density at radius 1 is 1.46 bits per heavy atom. The van der Waals surface area contributed by atoms with Crippen LogP contribution in [0, 0.1) is 5.92 Å². The average molecular weight is 182 g/mol. The maximum absolute atomic E-state index is 11.4. The van der Waals surface area contributed by atoms with Crippen LogP contribution in [0.4, 0.5) is 0 Å². The Labute approximate surface area is 79.8 Å². The number of hydrogen-bond acceptors (Lipinski definition) is 2. The van der Waals surface area contributed by atoms with Gasteiger partial charge in [0.05, 0.1) is 0 Å². The van der Waals surface area contributed by atoms with Crippen molar-refractivity contribution in [2.75, 3.05) is 6.54 Å². The molecule has 1 rings (SSSR count). The van der Waals surface area contributed by atoms with E-state index in [1.165, 1.54) is 0 Å². The summed E-state index contributed by atoms with van der Waals surface area (Å²) in [6, 6.07) is 0. The van der Waals surface area contributed by atoms with Crippen molar-refractivity contribution < 1.29 is 4.79 Å². The standard InChI is InChI=1S/C10H18N2O/c1-8(2)6-7-12-10(13)5-4-9(3)11-12/h8H,4-7H2,1-3H3. The normalized spacial score (nSPS) is 18.0. The SMILES string of the molecule is CC1=NN(CCC(C)C)C(=O)CC1. The molecule has 74 valence electrons. The summed E-state index contributed by atoms with van der Waals surface area (Å²) in [6.07, 6.45) is 2.49. The Bertz CT molecular complexity index is 221. The third-order valence-corrected chi connectivity index (χ3v) is 2.20. The minimum absolute atomic E-state index is 0.172. The summed E-state index contributed by atoms with van der Waals surface area (Å²) in [5.74, 6) is 0.802. The predicted octanol–water partition coefficient (Wildman–Crippen LogP) is 2.03. The molecule has 3 heteroatoms. The molecule has 1 aliphatic heterocycles. The number of hydrogen-bond donors (Lipinski definition) is 0. The van der Waals surface area contributed by atoms with Gasteiger partial charge in [0.25, 0.3) is 0 Å². The quantitative estimate of drug-likeness (QED) is 0.657. The molecule has 0 atom stereocenters. The molecule has 1 amide bonds. The van der Waals surface area contributed by atoms with E-state index in [0.29, 0.717) is 12.3 Å². The molecule has 0 saturated heterocycles. The number of nitrogens with zero attached hydrogens (tertiary/aromatic N) is 2. The van der Waals surface area contributed by atoms with Crippen LogP contribution in [0.25, 0.3) is 0 Å². The van der Waals surface area contributed by atoms with E-state index in [2.05, 4.69) is 18.9 Å². The number of hydrazone groups is 1. The highest BCUT2D eigenvalue weighted by Crippen LogP contribution is 2.11. The van der Waals surface area contributed by atoms with Gasteiger partial charge in [0, 0.05) is 18.7 Å². The highest BCUT2D eigenvalue weighted by atomic mass is 16.2. The van der Waals surface area contributed by atoms with E-state index < -0.39 is 0 Å². The lowest BCUT2D eigenvalue weighted by Crippen LogP contribution is -2.32. The lowest BCUT2D eigenvalue weighted by molar-refractivity contribution is -0.131. The molecule has 1 aliphatic rings. The zero-order valence-electron chi connectivity index (χ0n) is 8.71. The van der Waals surface area contributed by atoms with Gasteiger partial charge in [0.1, 0.15) is 0 Å². The van der Waals surface area contributed by atoms with Gasteiger partial charge in [-0.1, -0.05) is 13.8 Å². The zero-order chi connectivity index (χ0) is 9.84. The molecule has 0 radical (unpaired) electrons. The number of amides is 1. The summed E-state index contributed by atoms with van der Waals surface area (Å²) in [6.45, 7) is 7.07. The molecule has 3 nitrogen and oxygen atoms in total. The van der Waals surface area contributed by atoms with Crippen molar-refractivity contribution in [2.24, 2.45) is 11.0 Å². The molecule has 0 spiro atoms. The van der Waals surface area contributed by atoms with E-state index in [4.69, 9.17) is 0 Å². The van der Waals surface area contributed by atoms with Crippen LogP contribution in [0.15, 0.2) is 5.10 Å². The third kappa shape index (κ3) is 3.17. The number of carbonyl (C=O) groups is 1. The highest BCUT2D eigenvalue weighted by molar-refractivity contribution is 5.90. The van der Waals surface area contributed by atoms with Gasteiger partial charge in [0.2, 0.25) is 5.91 Å². The summed E-state index contributed by atoms with van der Waals surface area (Å²) in [4.78, 5) is 11.4. The molecule has 0 N–H and O–H groups in total. The van der Waals surface area contributed by atoms with E-state index in [0.717, 1.165) is 25.1 Å². The van der Waals surface area contributed by atoms with E-state index in [9.17, 15) is 4.79 Å². The van der Waals surface area contributed by atoms with Crippen LogP contribution in [0.2, 0.25) is 0 Å². The first kappa shape index (κ1) is 10.2. The smallest absolute Gasteiger partial charge is 0.243 e. The van der Waals surface area contributed by atoms with Crippen LogP contribution in [-0.4, -0.2) is 23.2 Å². The van der Waals surface area contributed by atoms with Crippen LogP contribution in [0.3, 0.4) is 0 Å². The number of carbonyl (C=O) groups excluding carboxylic acids is 1. The van der Waals surface area contributed by atoms with Gasteiger partial charge in [-0.05, 0) is 25.7 Å². The largest absolute Gasteiger partial charge is 0.273 e. The molecule has 0 fully saturated rings. The predicted molar refractivity (Wildman–Crippen MR) is 53.5 cm³/mol. The minimum Gasteiger partial charge on any atom is -0.273 e. The summed E-state index contributed by atoms with van der Waals surface area (Å²) in [5, 5.41) is 5.86. The van der Waals surface area contributed by atoms with Crippen LogP contribution in [0.1, 0.15) is 40.0 Å². The summed E-state index contributed by atoms with van der Waals surface area (Å²) in [5.41, 5.74) is 1.07. The molecule has 0 aromatic rings. The Balaban J connectivity index is 2.47. The Hall–Kier alpha value is -0.860. The van der Waals surface area contributed by atoms with Gasteiger partial charge in [0.15, 0.2) is 0 Å². The molecule has 0 unspecified atom stereocenters. The highest BCUT2D eigenvalue weighted by Gasteiger charge is 2.17. The average Bonchev–Trinajstić information content (AvgIpc) is 2.06. The molecule has 0 bridgehead atoms. The fraction of sp³-hybridized carbons (Fsp3) is 0.800. The van der Waals surface area contributed by atoms with Crippen molar-refractivity contribution in [3.05, 3.63) is 0 Å². The third-order valence-electron chi connectivity index (χ3n) is 2.20. The van der Waals surface area contributed by atoms with Crippen molar-refractivity contribution in [3.8, 4) is 0 Å². The zero-order valence-corrected chi connectivity index (χ0v) is 8.71. The molecule has 0 aliphatic carbocycles. The second-order valence-corrected chi connectivity index (χ2v) is 4.03. The van der Waals surface area contributed by atoms with Crippen molar-refractivity contribution >= 4 is 11.6 Å². The molecule has 13 heavy (non-hydrogen) atoms. The van der Waals surface area contributed by atoms with E-state index in [1.807, 2.05) is 6.92 Å². The molecule has 0 aromatic carbocycles. The van der Waals surface area contributed by atoms with Gasteiger partial charge >= 0.3 is 0 Å². The van der Waals surface area contributed by atoms with E-state index >= 15 is 0 Å². The minimum atomic E-state index is 0.172. The van der Waals surface area contributed by atoms with Gasteiger partial charge < -0.3 is 0 Å². The van der Waals surface area contributed by atoms with Crippen LogP contribution >= 0.6 is 0 Å². The fourth-order valence-corrected chi connectivity index (χ4v) is 1.28. The van der Waals surface area contributed by atoms with Crippen LogP contribution in [0.5, 0.6) is 0 Å². The molecular formula is C10H18N2O. The van der Waals surface area contributed by atoms with Crippen LogP contribution < -0.4 is 0 Å². The monoisotopic (exact) mass is 182 g/mol. The topological polar surface area (TPSA) is 32.7 Å². The Kier molecular flexibility index (Phi) is 3.46.